The number of aryl methyl sites for hydroxylation is 3. The molecule has 7 nitrogen and oxygen atoms in total. The number of amides is 1. The lowest BCUT2D eigenvalue weighted by Gasteiger charge is -2.16. The van der Waals surface area contributed by atoms with Gasteiger partial charge in [-0.1, -0.05) is 19.4 Å². The van der Waals surface area contributed by atoms with E-state index in [0.29, 0.717) is 17.7 Å². The van der Waals surface area contributed by atoms with Crippen LogP contribution in [0.4, 0.5) is 0 Å². The number of nitrogens with zero attached hydrogens (tertiary/aromatic N) is 2. The second kappa shape index (κ2) is 8.04. The highest BCUT2D eigenvalue weighted by atomic mass is 32.2. The minimum atomic E-state index is -4.08. The summed E-state index contributed by atoms with van der Waals surface area (Å²) in [6.07, 6.45) is 1.60. The Hall–Kier alpha value is -2.48. The monoisotopic (exact) mass is 391 g/mol. The predicted molar refractivity (Wildman–Crippen MR) is 103 cm³/mol. The molecule has 27 heavy (non-hydrogen) atoms. The van der Waals surface area contributed by atoms with Gasteiger partial charge in [-0.15, -0.1) is 0 Å². The van der Waals surface area contributed by atoms with Crippen LogP contribution >= 0.6 is 0 Å². The summed E-state index contributed by atoms with van der Waals surface area (Å²) in [5.74, 6) is -0.863. The molecule has 0 atom stereocenters. The molecule has 0 aliphatic heterocycles. The van der Waals surface area contributed by atoms with Crippen molar-refractivity contribution in [1.29, 1.82) is 0 Å². The van der Waals surface area contributed by atoms with Crippen LogP contribution in [0.2, 0.25) is 0 Å². The standard InChI is InChI=1S/C19H25N3O4S/c1-6-7-10-22-17(23)9-8-16(20-22)19(24)21-27(25,26)18-14(4)12(2)11-13(3)15(18)5/h8-9,11H,6-7,10H2,1-5H3,(H,21,24). The molecule has 2 aromatic rings. The average molecular weight is 391 g/mol. The number of carbonyl (C=O) groups is 1. The summed E-state index contributed by atoms with van der Waals surface area (Å²) >= 11 is 0. The first-order chi connectivity index (χ1) is 12.6. The highest BCUT2D eigenvalue weighted by Gasteiger charge is 2.25. The number of benzene rings is 1. The summed E-state index contributed by atoms with van der Waals surface area (Å²) in [5, 5.41) is 4.00. The van der Waals surface area contributed by atoms with Gasteiger partial charge in [0.1, 0.15) is 5.69 Å². The largest absolute Gasteiger partial charge is 0.285 e. The van der Waals surface area contributed by atoms with Crippen LogP contribution in [0.5, 0.6) is 0 Å². The van der Waals surface area contributed by atoms with Crippen molar-refractivity contribution < 1.29 is 13.2 Å². The van der Waals surface area contributed by atoms with Gasteiger partial charge in [-0.3, -0.25) is 9.59 Å². The van der Waals surface area contributed by atoms with E-state index < -0.39 is 15.9 Å². The zero-order chi connectivity index (χ0) is 20.4. The molecular weight excluding hydrogens is 366 g/mol. The molecule has 0 radical (unpaired) electrons. The maximum atomic E-state index is 12.9. The van der Waals surface area contributed by atoms with Crippen LogP contribution < -0.4 is 10.3 Å². The molecule has 0 aliphatic carbocycles. The summed E-state index contributed by atoms with van der Waals surface area (Å²) in [4.78, 5) is 24.4. The number of hydrogen-bond donors (Lipinski definition) is 1. The Morgan fingerprint density at radius 2 is 1.70 bits per heavy atom. The number of carbonyl (C=O) groups excluding carboxylic acids is 1. The van der Waals surface area contributed by atoms with Gasteiger partial charge >= 0.3 is 0 Å². The van der Waals surface area contributed by atoms with Gasteiger partial charge in [0.2, 0.25) is 0 Å². The Morgan fingerprint density at radius 3 is 2.26 bits per heavy atom. The topological polar surface area (TPSA) is 98.1 Å². The fourth-order valence-electron chi connectivity index (χ4n) is 2.85. The van der Waals surface area contributed by atoms with Crippen molar-refractivity contribution in [3.8, 4) is 0 Å². The van der Waals surface area contributed by atoms with E-state index in [1.54, 1.807) is 13.8 Å². The first-order valence-corrected chi connectivity index (χ1v) is 10.3. The lowest BCUT2D eigenvalue weighted by atomic mass is 10.0. The normalized spacial score (nSPS) is 11.4. The van der Waals surface area contributed by atoms with Crippen LogP contribution in [0.3, 0.4) is 0 Å². The van der Waals surface area contributed by atoms with Crippen LogP contribution in [0.1, 0.15) is 52.5 Å². The molecule has 2 rings (SSSR count). The van der Waals surface area contributed by atoms with E-state index in [9.17, 15) is 18.0 Å². The molecule has 1 aromatic carbocycles. The summed E-state index contributed by atoms with van der Waals surface area (Å²) in [6, 6.07) is 4.37. The molecule has 8 heteroatoms. The van der Waals surface area contributed by atoms with E-state index in [2.05, 4.69) is 9.82 Å². The fourth-order valence-corrected chi connectivity index (χ4v) is 4.43. The summed E-state index contributed by atoms with van der Waals surface area (Å²) in [5.41, 5.74) is 2.41. The van der Waals surface area contributed by atoms with Crippen LogP contribution in [0.15, 0.2) is 27.9 Å². The van der Waals surface area contributed by atoms with Crippen LogP contribution in [-0.2, 0) is 16.6 Å². The molecule has 146 valence electrons. The molecule has 0 spiro atoms. The summed E-state index contributed by atoms with van der Waals surface area (Å²) < 4.78 is 29.0. The van der Waals surface area contributed by atoms with Crippen molar-refractivity contribution >= 4 is 15.9 Å². The maximum Gasteiger partial charge on any atom is 0.285 e. The number of sulfonamides is 1. The number of aromatic nitrogens is 2. The molecule has 1 amide bonds. The van der Waals surface area contributed by atoms with E-state index in [0.717, 1.165) is 24.0 Å². The van der Waals surface area contributed by atoms with Gasteiger partial charge in [-0.05, 0) is 62.4 Å². The van der Waals surface area contributed by atoms with Gasteiger partial charge in [-0.25, -0.2) is 17.8 Å². The molecule has 0 saturated heterocycles. The molecule has 1 heterocycles. The highest BCUT2D eigenvalue weighted by molar-refractivity contribution is 7.90. The van der Waals surface area contributed by atoms with Crippen molar-refractivity contribution in [2.24, 2.45) is 0 Å². The SMILES string of the molecule is CCCCn1nc(C(=O)NS(=O)(=O)c2c(C)c(C)cc(C)c2C)ccc1=O. The van der Waals surface area contributed by atoms with Gasteiger partial charge in [0.25, 0.3) is 21.5 Å². The van der Waals surface area contributed by atoms with Crippen LogP contribution in [0.25, 0.3) is 0 Å². The lowest BCUT2D eigenvalue weighted by Crippen LogP contribution is -2.34. The average Bonchev–Trinajstić information content (AvgIpc) is 2.58. The number of rotatable bonds is 6. The minimum absolute atomic E-state index is 0.104. The third-order valence-corrected chi connectivity index (χ3v) is 6.22. The number of unbranched alkanes of at least 4 members (excludes halogenated alkanes) is 1. The zero-order valence-corrected chi connectivity index (χ0v) is 17.1. The van der Waals surface area contributed by atoms with Crippen molar-refractivity contribution in [2.45, 2.75) is 58.9 Å². The zero-order valence-electron chi connectivity index (χ0n) is 16.3. The Labute approximate surface area is 159 Å². The van der Waals surface area contributed by atoms with Crippen molar-refractivity contribution in [3.05, 3.63) is 56.5 Å². The molecule has 0 fully saturated rings. The second-order valence-electron chi connectivity index (χ2n) is 6.66. The molecular formula is C19H25N3O4S. The fraction of sp³-hybridized carbons (Fsp3) is 0.421. The molecule has 1 N–H and O–H groups in total. The number of hydrogen-bond acceptors (Lipinski definition) is 5. The summed E-state index contributed by atoms with van der Waals surface area (Å²) in [7, 11) is -4.08. The van der Waals surface area contributed by atoms with Gasteiger partial charge in [0.05, 0.1) is 4.90 Å². The van der Waals surface area contributed by atoms with Crippen LogP contribution in [0, 0.1) is 27.7 Å². The van der Waals surface area contributed by atoms with Crippen molar-refractivity contribution in [2.75, 3.05) is 0 Å². The smallest absolute Gasteiger partial charge is 0.268 e. The van der Waals surface area contributed by atoms with E-state index in [1.807, 2.05) is 26.8 Å². The Kier molecular flexibility index (Phi) is 6.20. The van der Waals surface area contributed by atoms with Gasteiger partial charge in [0, 0.05) is 12.6 Å². The Balaban J connectivity index is 2.40. The molecule has 0 unspecified atom stereocenters. The van der Waals surface area contributed by atoms with Gasteiger partial charge in [0.15, 0.2) is 0 Å². The maximum absolute atomic E-state index is 12.9. The summed E-state index contributed by atoms with van der Waals surface area (Å²) in [6.45, 7) is 9.43. The van der Waals surface area contributed by atoms with E-state index in [4.69, 9.17) is 0 Å². The Bertz CT molecular complexity index is 1010. The lowest BCUT2D eigenvalue weighted by molar-refractivity contribution is 0.0974. The van der Waals surface area contributed by atoms with E-state index in [1.165, 1.54) is 16.8 Å². The third-order valence-electron chi connectivity index (χ3n) is 4.62. The third kappa shape index (κ3) is 4.44. The second-order valence-corrected chi connectivity index (χ2v) is 8.28. The first-order valence-electron chi connectivity index (χ1n) is 8.81. The first kappa shape index (κ1) is 20.8. The molecule has 0 bridgehead atoms. The molecule has 0 aliphatic rings. The predicted octanol–water partition coefficient (Wildman–Crippen LogP) is 2.40. The van der Waals surface area contributed by atoms with Crippen molar-refractivity contribution in [3.63, 3.8) is 0 Å². The van der Waals surface area contributed by atoms with E-state index >= 15 is 0 Å². The van der Waals surface area contributed by atoms with Gasteiger partial charge in [-0.2, -0.15) is 5.10 Å². The van der Waals surface area contributed by atoms with E-state index in [-0.39, 0.29) is 16.1 Å². The van der Waals surface area contributed by atoms with Gasteiger partial charge < -0.3 is 0 Å². The number of nitrogens with one attached hydrogen (secondary N) is 1. The van der Waals surface area contributed by atoms with Crippen molar-refractivity contribution in [1.82, 2.24) is 14.5 Å². The quantitative estimate of drug-likeness (QED) is 0.815. The minimum Gasteiger partial charge on any atom is -0.268 e. The molecule has 0 saturated carbocycles. The van der Waals surface area contributed by atoms with Crippen LogP contribution in [-0.4, -0.2) is 24.1 Å². The highest BCUT2D eigenvalue weighted by Crippen LogP contribution is 2.26. The Morgan fingerprint density at radius 1 is 1.11 bits per heavy atom. The molecule has 1 aromatic heterocycles.